The van der Waals surface area contributed by atoms with Crippen LogP contribution in [0.2, 0.25) is 0 Å². The number of carboxylic acids is 1. The first-order valence-electron chi connectivity index (χ1n) is 5.73. The van der Waals surface area contributed by atoms with Crippen molar-refractivity contribution in [2.24, 2.45) is 0 Å². The molecule has 0 spiro atoms. The highest BCUT2D eigenvalue weighted by atomic mass is 19.2. The Kier molecular flexibility index (Phi) is 4.16. The molecule has 0 bridgehead atoms. The molecule has 0 unspecified atom stereocenters. The second-order valence-electron chi connectivity index (χ2n) is 4.10. The van der Waals surface area contributed by atoms with Crippen LogP contribution >= 0.6 is 0 Å². The van der Waals surface area contributed by atoms with Gasteiger partial charge in [0.1, 0.15) is 5.75 Å². The van der Waals surface area contributed by atoms with Crippen LogP contribution in [0.4, 0.5) is 23.2 Å². The molecule has 0 atom stereocenters. The lowest BCUT2D eigenvalue weighted by Gasteiger charge is -2.13. The van der Waals surface area contributed by atoms with Gasteiger partial charge in [0.2, 0.25) is 17.4 Å². The Morgan fingerprint density at radius 2 is 1.43 bits per heavy atom. The lowest BCUT2D eigenvalue weighted by atomic mass is 10.1. The fourth-order valence-electron chi connectivity index (χ4n) is 1.63. The smallest absolute Gasteiger partial charge is 0.269 e. The molecule has 0 aromatic heterocycles. The molecule has 0 aliphatic rings. The number of aromatic carboxylic acids is 1. The van der Waals surface area contributed by atoms with Gasteiger partial charge in [0.05, 0.1) is 16.5 Å². The Morgan fingerprint density at radius 1 is 0.957 bits per heavy atom. The van der Waals surface area contributed by atoms with E-state index < -0.39 is 45.5 Å². The summed E-state index contributed by atoms with van der Waals surface area (Å²) in [5.41, 5.74) is -2.26. The Hall–Kier alpha value is -3.17. The van der Waals surface area contributed by atoms with E-state index in [0.717, 1.165) is 24.3 Å². The highest BCUT2D eigenvalue weighted by molar-refractivity contribution is 5.86. The normalized spacial score (nSPS) is 10.4. The molecule has 0 heterocycles. The van der Waals surface area contributed by atoms with Crippen molar-refractivity contribution in [1.82, 2.24) is 0 Å². The molecular weight excluding hydrogens is 326 g/mol. The number of nitro groups is 1. The van der Waals surface area contributed by atoms with Crippen molar-refractivity contribution in [2.75, 3.05) is 0 Å². The molecule has 0 aliphatic carbocycles. The van der Waals surface area contributed by atoms with Crippen LogP contribution in [0.15, 0.2) is 24.3 Å². The second-order valence-corrected chi connectivity index (χ2v) is 4.10. The molecule has 0 saturated carbocycles. The summed E-state index contributed by atoms with van der Waals surface area (Å²) in [6, 6.07) is 3.71. The van der Waals surface area contributed by atoms with E-state index >= 15 is 0 Å². The molecule has 0 saturated heterocycles. The van der Waals surface area contributed by atoms with Crippen molar-refractivity contribution in [3.63, 3.8) is 0 Å². The molecule has 0 amide bonds. The number of halogens is 4. The standard InChI is InChI=1S/C13H5F4NO5/c14-8-7(13(19)20)9(15)11(17)12(10(8)16)23-6-3-1-5(2-4-6)18(21)22/h1-4H,(H,19,20)/p-1. The van der Waals surface area contributed by atoms with Crippen molar-refractivity contribution in [1.29, 1.82) is 0 Å². The summed E-state index contributed by atoms with van der Waals surface area (Å²) in [4.78, 5) is 20.2. The molecule has 0 N–H and O–H groups in total. The predicted molar refractivity (Wildman–Crippen MR) is 63.8 cm³/mol. The SMILES string of the molecule is O=C([O-])c1c(F)c(F)c(Oc2ccc([N+](=O)[O-])cc2)c(F)c1F. The van der Waals surface area contributed by atoms with E-state index in [4.69, 9.17) is 0 Å². The molecule has 0 radical (unpaired) electrons. The van der Waals surface area contributed by atoms with E-state index in [1.165, 1.54) is 0 Å². The van der Waals surface area contributed by atoms with Gasteiger partial charge in [0.25, 0.3) is 5.69 Å². The van der Waals surface area contributed by atoms with Crippen LogP contribution in [-0.2, 0) is 0 Å². The number of benzene rings is 2. The van der Waals surface area contributed by atoms with Crippen LogP contribution in [0.5, 0.6) is 11.5 Å². The summed E-state index contributed by atoms with van der Waals surface area (Å²) >= 11 is 0. The number of nitrogens with zero attached hydrogens (tertiary/aromatic N) is 1. The number of carbonyl (C=O) groups is 1. The highest BCUT2D eigenvalue weighted by Crippen LogP contribution is 2.33. The molecule has 23 heavy (non-hydrogen) atoms. The summed E-state index contributed by atoms with van der Waals surface area (Å²) in [5, 5.41) is 20.9. The lowest BCUT2D eigenvalue weighted by Crippen LogP contribution is -2.26. The first-order chi connectivity index (χ1) is 10.7. The molecule has 6 nitrogen and oxygen atoms in total. The van der Waals surface area contributed by atoms with E-state index in [2.05, 4.69) is 4.74 Å². The minimum Gasteiger partial charge on any atom is -0.545 e. The number of rotatable bonds is 4. The van der Waals surface area contributed by atoms with Crippen LogP contribution in [0.25, 0.3) is 0 Å². The highest BCUT2D eigenvalue weighted by Gasteiger charge is 2.27. The summed E-state index contributed by atoms with van der Waals surface area (Å²) in [6.45, 7) is 0. The van der Waals surface area contributed by atoms with Crippen LogP contribution < -0.4 is 9.84 Å². The minimum atomic E-state index is -2.44. The number of hydrogen-bond acceptors (Lipinski definition) is 5. The minimum absolute atomic E-state index is 0.358. The zero-order chi connectivity index (χ0) is 17.3. The summed E-state index contributed by atoms with van der Waals surface area (Å²) in [5.74, 6) is -12.9. The maximum Gasteiger partial charge on any atom is 0.269 e. The molecule has 0 aliphatic heterocycles. The Labute approximate surface area is 124 Å². The molecule has 2 rings (SSSR count). The van der Waals surface area contributed by atoms with Gasteiger partial charge in [-0.2, -0.15) is 8.78 Å². The van der Waals surface area contributed by atoms with Crippen molar-refractivity contribution in [2.45, 2.75) is 0 Å². The zero-order valence-corrected chi connectivity index (χ0v) is 10.8. The molecular formula is C13H4F4NO5-. The molecule has 10 heteroatoms. The van der Waals surface area contributed by atoms with Gasteiger partial charge in [-0.25, -0.2) is 8.78 Å². The van der Waals surface area contributed by atoms with Gasteiger partial charge in [-0.15, -0.1) is 0 Å². The third-order valence-corrected chi connectivity index (χ3v) is 2.69. The number of hydrogen-bond donors (Lipinski definition) is 0. The van der Waals surface area contributed by atoms with Crippen LogP contribution in [0.1, 0.15) is 10.4 Å². The Bertz CT molecular complexity index is 778. The van der Waals surface area contributed by atoms with E-state index in [0.29, 0.717) is 0 Å². The lowest BCUT2D eigenvalue weighted by molar-refractivity contribution is -0.384. The van der Waals surface area contributed by atoms with E-state index in [1.54, 1.807) is 0 Å². The van der Waals surface area contributed by atoms with Gasteiger partial charge in [-0.05, 0) is 12.1 Å². The van der Waals surface area contributed by atoms with Crippen LogP contribution in [-0.4, -0.2) is 10.9 Å². The summed E-state index contributed by atoms with van der Waals surface area (Å²) < 4.78 is 58.8. The van der Waals surface area contributed by atoms with E-state index in [9.17, 15) is 37.6 Å². The zero-order valence-electron chi connectivity index (χ0n) is 10.8. The maximum absolute atomic E-state index is 13.7. The van der Waals surface area contributed by atoms with Gasteiger partial charge in [-0.1, -0.05) is 0 Å². The molecule has 2 aromatic rings. The first kappa shape index (κ1) is 16.2. The van der Waals surface area contributed by atoms with Gasteiger partial charge in [0, 0.05) is 12.1 Å². The molecule has 0 fully saturated rings. The van der Waals surface area contributed by atoms with Crippen molar-refractivity contribution >= 4 is 11.7 Å². The predicted octanol–water partition coefficient (Wildman–Crippen LogP) is 2.31. The Morgan fingerprint density at radius 3 is 1.83 bits per heavy atom. The number of non-ortho nitro benzene ring substituents is 1. The largest absolute Gasteiger partial charge is 0.545 e. The van der Waals surface area contributed by atoms with E-state index in [1.807, 2.05) is 0 Å². The van der Waals surface area contributed by atoms with Gasteiger partial charge in [-0.3, -0.25) is 10.1 Å². The summed E-state index contributed by atoms with van der Waals surface area (Å²) in [7, 11) is 0. The first-order valence-corrected chi connectivity index (χ1v) is 5.73. The summed E-state index contributed by atoms with van der Waals surface area (Å²) in [6.07, 6.45) is 0. The Balaban J connectivity index is 2.48. The average Bonchev–Trinajstić information content (AvgIpc) is 2.50. The molecule has 2 aromatic carbocycles. The van der Waals surface area contributed by atoms with Crippen molar-refractivity contribution in [3.8, 4) is 11.5 Å². The number of nitro benzene ring substituents is 1. The van der Waals surface area contributed by atoms with Gasteiger partial charge < -0.3 is 14.6 Å². The topological polar surface area (TPSA) is 92.5 Å². The van der Waals surface area contributed by atoms with Gasteiger partial charge in [0.15, 0.2) is 11.6 Å². The van der Waals surface area contributed by atoms with Crippen LogP contribution in [0, 0.1) is 33.4 Å². The fraction of sp³-hybridized carbons (Fsp3) is 0. The quantitative estimate of drug-likeness (QED) is 0.371. The number of ether oxygens (including phenoxy) is 1. The second kappa shape index (κ2) is 5.91. The fourth-order valence-corrected chi connectivity index (χ4v) is 1.63. The van der Waals surface area contributed by atoms with Gasteiger partial charge >= 0.3 is 0 Å². The van der Waals surface area contributed by atoms with Crippen molar-refractivity contribution < 1.29 is 37.1 Å². The third kappa shape index (κ3) is 2.91. The average molecular weight is 330 g/mol. The molecule has 120 valence electrons. The monoisotopic (exact) mass is 330 g/mol. The van der Waals surface area contributed by atoms with E-state index in [-0.39, 0.29) is 11.4 Å². The number of carboxylic acid groups (broad SMARTS) is 1. The van der Waals surface area contributed by atoms with Crippen molar-refractivity contribution in [3.05, 3.63) is 63.2 Å². The van der Waals surface area contributed by atoms with Crippen LogP contribution in [0.3, 0.4) is 0 Å². The number of carbonyl (C=O) groups excluding carboxylic acids is 1. The third-order valence-electron chi connectivity index (χ3n) is 2.69. The maximum atomic E-state index is 13.7.